The molecule has 0 N–H and O–H groups in total. The smallest absolute Gasteiger partial charge is 0.446 e. The van der Waals surface area contributed by atoms with Gasteiger partial charge in [0.2, 0.25) is 0 Å². The van der Waals surface area contributed by atoms with Crippen molar-refractivity contribution in [1.82, 2.24) is 0 Å². The minimum Gasteiger partial charge on any atom is -0.465 e. The first-order valence-corrected chi connectivity index (χ1v) is 5.86. The van der Waals surface area contributed by atoms with Crippen LogP contribution >= 0.6 is 11.8 Å². The first-order chi connectivity index (χ1) is 9.67. The number of benzene rings is 1. The van der Waals surface area contributed by atoms with Gasteiger partial charge in [0, 0.05) is 4.90 Å². The van der Waals surface area contributed by atoms with Gasteiger partial charge in [0.05, 0.1) is 12.7 Å². The number of nitrogens with zero attached hydrogens (tertiary/aromatic N) is 1. The maximum atomic E-state index is 12.4. The molecule has 114 valence electrons. The van der Waals surface area contributed by atoms with Crippen LogP contribution < -0.4 is 4.74 Å². The Morgan fingerprint density at radius 3 is 2.43 bits per heavy atom. The van der Waals surface area contributed by atoms with E-state index in [2.05, 4.69) is 9.47 Å². The van der Waals surface area contributed by atoms with Crippen LogP contribution in [0.2, 0.25) is 0 Å². The molecule has 0 radical (unpaired) electrons. The number of halogens is 5. The molecule has 0 aliphatic heterocycles. The van der Waals surface area contributed by atoms with Gasteiger partial charge in [-0.2, -0.15) is 27.2 Å². The highest BCUT2D eigenvalue weighted by molar-refractivity contribution is 8.00. The molecule has 0 unspecified atom stereocenters. The molecule has 0 atom stereocenters. The quantitative estimate of drug-likeness (QED) is 0.481. The Labute approximate surface area is 119 Å². The van der Waals surface area contributed by atoms with Gasteiger partial charge in [0.1, 0.15) is 17.4 Å². The standard InChI is InChI=1S/C11H6F5NO3S/c1-19-9(18)6-2-5(4-17)8(21-11(14,15)16)3-7(6)20-10(12)13/h2-3,10H,1H3. The van der Waals surface area contributed by atoms with Crippen molar-refractivity contribution >= 4 is 17.7 Å². The maximum Gasteiger partial charge on any atom is 0.446 e. The van der Waals surface area contributed by atoms with E-state index in [0.717, 1.165) is 7.11 Å². The zero-order valence-electron chi connectivity index (χ0n) is 10.2. The topological polar surface area (TPSA) is 59.3 Å². The Balaban J connectivity index is 3.41. The van der Waals surface area contributed by atoms with Crippen molar-refractivity contribution in [2.24, 2.45) is 0 Å². The van der Waals surface area contributed by atoms with Crippen LogP contribution in [-0.4, -0.2) is 25.2 Å². The Morgan fingerprint density at radius 2 is 2.00 bits per heavy atom. The number of carbonyl (C=O) groups is 1. The predicted octanol–water partition coefficient (Wildman–Crippen LogP) is 3.56. The average Bonchev–Trinajstić information content (AvgIpc) is 2.35. The average molecular weight is 327 g/mol. The molecule has 0 heterocycles. The molecule has 10 heteroatoms. The van der Waals surface area contributed by atoms with Crippen molar-refractivity contribution in [3.8, 4) is 11.8 Å². The highest BCUT2D eigenvalue weighted by Gasteiger charge is 2.32. The molecule has 1 aromatic carbocycles. The fourth-order valence-corrected chi connectivity index (χ4v) is 1.95. The van der Waals surface area contributed by atoms with E-state index in [-0.39, 0.29) is 0 Å². The maximum absolute atomic E-state index is 12.4. The molecule has 0 aliphatic rings. The summed E-state index contributed by atoms with van der Waals surface area (Å²) in [5.74, 6) is -1.92. The summed E-state index contributed by atoms with van der Waals surface area (Å²) in [4.78, 5) is 10.7. The van der Waals surface area contributed by atoms with Crippen LogP contribution in [0.1, 0.15) is 15.9 Å². The van der Waals surface area contributed by atoms with Crippen LogP contribution in [0, 0.1) is 11.3 Å². The molecule has 0 saturated carbocycles. The largest absolute Gasteiger partial charge is 0.465 e. The third kappa shape index (κ3) is 4.78. The summed E-state index contributed by atoms with van der Waals surface area (Å²) >= 11 is -0.678. The Kier molecular flexibility index (Phi) is 5.37. The predicted molar refractivity (Wildman–Crippen MR) is 61.0 cm³/mol. The number of hydrogen-bond acceptors (Lipinski definition) is 5. The van der Waals surface area contributed by atoms with E-state index in [0.29, 0.717) is 12.1 Å². The van der Waals surface area contributed by atoms with Crippen molar-refractivity contribution in [3.63, 3.8) is 0 Å². The van der Waals surface area contributed by atoms with Gasteiger partial charge < -0.3 is 9.47 Å². The number of hydrogen-bond donors (Lipinski definition) is 0. The normalized spacial score (nSPS) is 11.1. The Hall–Kier alpha value is -2.02. The Morgan fingerprint density at radius 1 is 1.38 bits per heavy atom. The molecule has 0 spiro atoms. The highest BCUT2D eigenvalue weighted by Crippen LogP contribution is 2.41. The second-order valence-electron chi connectivity index (χ2n) is 3.37. The van der Waals surface area contributed by atoms with Gasteiger partial charge in [0.25, 0.3) is 0 Å². The first kappa shape index (κ1) is 17.0. The molecular weight excluding hydrogens is 321 g/mol. The van der Waals surface area contributed by atoms with Crippen molar-refractivity contribution < 1.29 is 36.2 Å². The molecule has 1 aromatic rings. The minimum atomic E-state index is -4.74. The minimum absolute atomic E-state index is 0.514. The fourth-order valence-electron chi connectivity index (χ4n) is 1.32. The number of carbonyl (C=O) groups excluding carboxylic acids is 1. The summed E-state index contributed by atoms with van der Waals surface area (Å²) in [7, 11) is 0.943. The van der Waals surface area contributed by atoms with Crippen molar-refractivity contribution in [2.75, 3.05) is 7.11 Å². The van der Waals surface area contributed by atoms with Crippen molar-refractivity contribution in [3.05, 3.63) is 23.3 Å². The number of thioether (sulfide) groups is 1. The second-order valence-corrected chi connectivity index (χ2v) is 4.48. The van der Waals surface area contributed by atoms with Gasteiger partial charge in [-0.05, 0) is 23.9 Å². The lowest BCUT2D eigenvalue weighted by Gasteiger charge is -2.13. The summed E-state index contributed by atoms with van der Waals surface area (Å²) in [6, 6.07) is 2.70. The zero-order valence-corrected chi connectivity index (χ0v) is 11.0. The van der Waals surface area contributed by atoms with Gasteiger partial charge in [-0.25, -0.2) is 4.79 Å². The van der Waals surface area contributed by atoms with E-state index in [1.54, 1.807) is 0 Å². The number of alkyl halides is 5. The molecule has 4 nitrogen and oxygen atoms in total. The second kappa shape index (κ2) is 6.62. The molecule has 0 aromatic heterocycles. The number of methoxy groups -OCH3 is 1. The van der Waals surface area contributed by atoms with Gasteiger partial charge in [-0.3, -0.25) is 0 Å². The van der Waals surface area contributed by atoms with Crippen LogP contribution in [0.15, 0.2) is 17.0 Å². The molecule has 1 rings (SSSR count). The van der Waals surface area contributed by atoms with E-state index in [1.807, 2.05) is 0 Å². The van der Waals surface area contributed by atoms with Crippen LogP contribution in [0.3, 0.4) is 0 Å². The Bertz CT molecular complexity index is 582. The highest BCUT2D eigenvalue weighted by atomic mass is 32.2. The number of ether oxygens (including phenoxy) is 2. The molecule has 21 heavy (non-hydrogen) atoms. The summed E-state index contributed by atoms with van der Waals surface area (Å²) < 4.78 is 69.8. The molecule has 0 fully saturated rings. The first-order valence-electron chi connectivity index (χ1n) is 5.05. The summed E-state index contributed by atoms with van der Waals surface area (Å²) in [6.45, 7) is -3.36. The molecule has 0 amide bonds. The molecule has 0 saturated heterocycles. The summed E-state index contributed by atoms with van der Waals surface area (Å²) in [6.07, 6.45) is 0. The van der Waals surface area contributed by atoms with E-state index < -0.39 is 51.6 Å². The lowest BCUT2D eigenvalue weighted by atomic mass is 10.1. The van der Waals surface area contributed by atoms with Gasteiger partial charge in [0.15, 0.2) is 0 Å². The lowest BCUT2D eigenvalue weighted by molar-refractivity contribution is -0.0505. The molecular formula is C11H6F5NO3S. The van der Waals surface area contributed by atoms with Crippen LogP contribution in [0.25, 0.3) is 0 Å². The van der Waals surface area contributed by atoms with Crippen molar-refractivity contribution in [2.45, 2.75) is 17.0 Å². The van der Waals surface area contributed by atoms with Crippen LogP contribution in [0.4, 0.5) is 22.0 Å². The van der Waals surface area contributed by atoms with Crippen LogP contribution in [-0.2, 0) is 4.74 Å². The molecule has 0 bridgehead atoms. The summed E-state index contributed by atoms with van der Waals surface area (Å²) in [5, 5.41) is 8.80. The van der Waals surface area contributed by atoms with Gasteiger partial charge in [-0.15, -0.1) is 0 Å². The van der Waals surface area contributed by atoms with Crippen molar-refractivity contribution in [1.29, 1.82) is 5.26 Å². The van der Waals surface area contributed by atoms with E-state index in [4.69, 9.17) is 5.26 Å². The van der Waals surface area contributed by atoms with E-state index in [9.17, 15) is 26.7 Å². The van der Waals surface area contributed by atoms with Gasteiger partial charge >= 0.3 is 18.1 Å². The van der Waals surface area contributed by atoms with E-state index >= 15 is 0 Å². The third-order valence-electron chi connectivity index (χ3n) is 2.05. The monoisotopic (exact) mass is 327 g/mol. The SMILES string of the molecule is COC(=O)c1cc(C#N)c(SC(F)(F)F)cc1OC(F)F. The van der Waals surface area contributed by atoms with E-state index in [1.165, 1.54) is 6.07 Å². The van der Waals surface area contributed by atoms with Crippen LogP contribution in [0.5, 0.6) is 5.75 Å². The lowest BCUT2D eigenvalue weighted by Crippen LogP contribution is -2.11. The molecule has 0 aliphatic carbocycles. The zero-order chi connectivity index (χ0) is 16.2. The third-order valence-corrected chi connectivity index (χ3v) is 2.84. The number of nitriles is 1. The summed E-state index contributed by atoms with van der Waals surface area (Å²) in [5.41, 5.74) is -5.82. The number of rotatable bonds is 4. The van der Waals surface area contributed by atoms with Gasteiger partial charge in [-0.1, -0.05) is 0 Å². The fraction of sp³-hybridized carbons (Fsp3) is 0.273. The number of esters is 1.